The average Bonchev–Trinajstić information content (AvgIpc) is 3.35. The van der Waals surface area contributed by atoms with Crippen molar-refractivity contribution < 1.29 is 4.74 Å². The van der Waals surface area contributed by atoms with Gasteiger partial charge >= 0.3 is 0 Å². The second-order valence-corrected chi connectivity index (χ2v) is 7.80. The van der Waals surface area contributed by atoms with Gasteiger partial charge in [0.25, 0.3) is 0 Å². The first-order valence-electron chi connectivity index (χ1n) is 10.6. The highest BCUT2D eigenvalue weighted by atomic mass is 16.5. The molecule has 5 rings (SSSR count). The molecule has 0 unspecified atom stereocenters. The zero-order valence-electron chi connectivity index (χ0n) is 17.5. The summed E-state index contributed by atoms with van der Waals surface area (Å²) < 4.78 is 5.50. The molecule has 156 valence electrons. The molecule has 1 fully saturated rings. The molecule has 0 aliphatic carbocycles. The second-order valence-electron chi connectivity index (χ2n) is 7.80. The molecule has 0 spiro atoms. The van der Waals surface area contributed by atoms with Crippen molar-refractivity contribution in [1.82, 2.24) is 20.2 Å². The number of nitrogens with one attached hydrogen (secondary N) is 1. The van der Waals surface area contributed by atoms with Crippen LogP contribution in [0.25, 0.3) is 33.8 Å². The molecule has 0 atom stereocenters. The number of H-pyrrole nitrogens is 1. The van der Waals surface area contributed by atoms with E-state index in [0.717, 1.165) is 59.8 Å². The highest BCUT2D eigenvalue weighted by Gasteiger charge is 2.19. The van der Waals surface area contributed by atoms with E-state index in [1.54, 1.807) is 6.20 Å². The molecule has 1 saturated heterocycles. The molecule has 0 amide bonds. The fourth-order valence-electron chi connectivity index (χ4n) is 4.12. The van der Waals surface area contributed by atoms with Gasteiger partial charge in [0.1, 0.15) is 0 Å². The lowest BCUT2D eigenvalue weighted by Gasteiger charge is -2.33. The molecule has 1 aliphatic rings. The lowest BCUT2D eigenvalue weighted by atomic mass is 10.0. The molecule has 4 aromatic rings. The van der Waals surface area contributed by atoms with Crippen LogP contribution >= 0.6 is 0 Å². The SMILES string of the molecule is CN(c1ccc(-c2cc(-c3cn[nH]c3-c3ccccn3)ccn2)cc1)C1CCOCC1. The summed E-state index contributed by atoms with van der Waals surface area (Å²) in [4.78, 5) is 11.4. The molecule has 31 heavy (non-hydrogen) atoms. The Hall–Kier alpha value is -3.51. The van der Waals surface area contributed by atoms with Crippen LogP contribution in [0, 0.1) is 0 Å². The minimum absolute atomic E-state index is 0.534. The number of ether oxygens (including phenoxy) is 1. The molecule has 3 aromatic heterocycles. The molecule has 0 saturated carbocycles. The first kappa shape index (κ1) is 19.5. The monoisotopic (exact) mass is 411 g/mol. The molecule has 0 bridgehead atoms. The van der Waals surface area contributed by atoms with Gasteiger partial charge in [-0.2, -0.15) is 5.10 Å². The summed E-state index contributed by atoms with van der Waals surface area (Å²) in [7, 11) is 2.17. The van der Waals surface area contributed by atoms with Crippen LogP contribution in [0.15, 0.2) is 73.2 Å². The van der Waals surface area contributed by atoms with Gasteiger partial charge in [-0.25, -0.2) is 0 Å². The lowest BCUT2D eigenvalue weighted by Crippen LogP contribution is -2.36. The quantitative estimate of drug-likeness (QED) is 0.510. The minimum atomic E-state index is 0.534. The van der Waals surface area contributed by atoms with Gasteiger partial charge in [-0.1, -0.05) is 18.2 Å². The van der Waals surface area contributed by atoms with E-state index in [9.17, 15) is 0 Å². The Labute approximate surface area is 181 Å². The van der Waals surface area contributed by atoms with E-state index in [-0.39, 0.29) is 0 Å². The van der Waals surface area contributed by atoms with E-state index in [1.807, 2.05) is 36.7 Å². The van der Waals surface area contributed by atoms with Gasteiger partial charge in [0.2, 0.25) is 0 Å². The number of rotatable bonds is 5. The van der Waals surface area contributed by atoms with Crippen molar-refractivity contribution >= 4 is 5.69 Å². The normalized spacial score (nSPS) is 14.5. The molecular formula is C25H25N5O. The lowest BCUT2D eigenvalue weighted by molar-refractivity contribution is 0.0855. The summed E-state index contributed by atoms with van der Waals surface area (Å²) in [5.41, 5.74) is 7.10. The summed E-state index contributed by atoms with van der Waals surface area (Å²) in [6.07, 6.45) is 7.63. The van der Waals surface area contributed by atoms with Gasteiger partial charge < -0.3 is 9.64 Å². The summed E-state index contributed by atoms with van der Waals surface area (Å²) in [6.45, 7) is 1.69. The van der Waals surface area contributed by atoms with E-state index in [2.05, 4.69) is 62.4 Å². The first-order chi connectivity index (χ1) is 15.3. The molecule has 6 nitrogen and oxygen atoms in total. The van der Waals surface area contributed by atoms with Gasteiger partial charge in [0.05, 0.1) is 23.3 Å². The van der Waals surface area contributed by atoms with Crippen molar-refractivity contribution in [3.8, 4) is 33.8 Å². The molecule has 1 aliphatic heterocycles. The fraction of sp³-hybridized carbons (Fsp3) is 0.240. The van der Waals surface area contributed by atoms with Gasteiger partial charge in [0, 0.05) is 55.5 Å². The van der Waals surface area contributed by atoms with Crippen LogP contribution in [0.3, 0.4) is 0 Å². The number of anilines is 1. The second kappa shape index (κ2) is 8.70. The summed E-state index contributed by atoms with van der Waals surface area (Å²) in [5.74, 6) is 0. The molecule has 1 N–H and O–H groups in total. The number of aromatic amines is 1. The predicted octanol–water partition coefficient (Wildman–Crippen LogP) is 4.82. The van der Waals surface area contributed by atoms with Crippen LogP contribution in [0.5, 0.6) is 0 Å². The number of pyridine rings is 2. The van der Waals surface area contributed by atoms with Crippen molar-refractivity contribution in [2.24, 2.45) is 0 Å². The highest BCUT2D eigenvalue weighted by Crippen LogP contribution is 2.31. The third-order valence-corrected chi connectivity index (χ3v) is 5.94. The maximum Gasteiger partial charge on any atom is 0.0912 e. The smallest absolute Gasteiger partial charge is 0.0912 e. The van der Waals surface area contributed by atoms with E-state index in [0.29, 0.717) is 6.04 Å². The standard InChI is InChI=1S/C25H25N5O/c1-30(21-10-14-31-15-11-21)20-7-5-18(6-8-20)24-16-19(9-13-27-24)22-17-28-29-25(22)23-4-2-3-12-26-23/h2-9,12-13,16-17,21H,10-11,14-15H2,1H3,(H,28,29). The van der Waals surface area contributed by atoms with Gasteiger partial charge in [0.15, 0.2) is 0 Å². The average molecular weight is 412 g/mol. The van der Waals surface area contributed by atoms with Crippen LogP contribution in [-0.4, -0.2) is 46.5 Å². The van der Waals surface area contributed by atoms with Crippen molar-refractivity contribution in [2.45, 2.75) is 18.9 Å². The van der Waals surface area contributed by atoms with Crippen LogP contribution in [0.4, 0.5) is 5.69 Å². The van der Waals surface area contributed by atoms with Gasteiger partial charge in [-0.05, 0) is 54.8 Å². The van der Waals surface area contributed by atoms with E-state index in [1.165, 1.54) is 5.69 Å². The predicted molar refractivity (Wildman–Crippen MR) is 123 cm³/mol. The van der Waals surface area contributed by atoms with Gasteiger partial charge in [-0.3, -0.25) is 15.1 Å². The van der Waals surface area contributed by atoms with E-state index in [4.69, 9.17) is 4.74 Å². The van der Waals surface area contributed by atoms with Crippen molar-refractivity contribution in [2.75, 3.05) is 25.2 Å². The van der Waals surface area contributed by atoms with Crippen LogP contribution in [-0.2, 0) is 4.74 Å². The van der Waals surface area contributed by atoms with Crippen molar-refractivity contribution in [3.63, 3.8) is 0 Å². The molecule has 1 aromatic carbocycles. The number of nitrogens with zero attached hydrogens (tertiary/aromatic N) is 4. The Balaban J connectivity index is 1.41. The maximum atomic E-state index is 5.50. The van der Waals surface area contributed by atoms with Crippen molar-refractivity contribution in [3.05, 3.63) is 73.2 Å². The van der Waals surface area contributed by atoms with Gasteiger partial charge in [-0.15, -0.1) is 0 Å². The number of hydrogen-bond donors (Lipinski definition) is 1. The molecule has 4 heterocycles. The molecule has 6 heteroatoms. The number of hydrogen-bond acceptors (Lipinski definition) is 5. The molecular weight excluding hydrogens is 386 g/mol. The number of benzene rings is 1. The Morgan fingerprint density at radius 1 is 0.903 bits per heavy atom. The van der Waals surface area contributed by atoms with Crippen LogP contribution < -0.4 is 4.90 Å². The summed E-state index contributed by atoms with van der Waals surface area (Å²) in [6, 6.07) is 19.2. The Morgan fingerprint density at radius 3 is 2.48 bits per heavy atom. The van der Waals surface area contributed by atoms with Crippen LogP contribution in [0.1, 0.15) is 12.8 Å². The Morgan fingerprint density at radius 2 is 1.71 bits per heavy atom. The summed E-state index contributed by atoms with van der Waals surface area (Å²) >= 11 is 0. The minimum Gasteiger partial charge on any atom is -0.381 e. The largest absolute Gasteiger partial charge is 0.381 e. The third-order valence-electron chi connectivity index (χ3n) is 5.94. The summed E-state index contributed by atoms with van der Waals surface area (Å²) in [5, 5.41) is 7.34. The zero-order valence-corrected chi connectivity index (χ0v) is 17.5. The maximum absolute atomic E-state index is 5.50. The first-order valence-corrected chi connectivity index (χ1v) is 10.6. The van der Waals surface area contributed by atoms with Crippen LogP contribution in [0.2, 0.25) is 0 Å². The van der Waals surface area contributed by atoms with Crippen molar-refractivity contribution in [1.29, 1.82) is 0 Å². The van der Waals surface area contributed by atoms with E-state index >= 15 is 0 Å². The number of aromatic nitrogens is 4. The highest BCUT2D eigenvalue weighted by molar-refractivity contribution is 5.80. The topological polar surface area (TPSA) is 66.9 Å². The zero-order chi connectivity index (χ0) is 21.0. The van der Waals surface area contributed by atoms with E-state index < -0.39 is 0 Å². The third kappa shape index (κ3) is 4.07. The Bertz CT molecular complexity index is 1130. The fourth-order valence-corrected chi connectivity index (χ4v) is 4.12. The Kier molecular flexibility index (Phi) is 5.46. The molecule has 0 radical (unpaired) electrons.